The molecule has 2 rings (SSSR count). The van der Waals surface area contributed by atoms with Gasteiger partial charge in [0.25, 0.3) is 0 Å². The van der Waals surface area contributed by atoms with Crippen molar-refractivity contribution >= 4 is 10.0 Å². The summed E-state index contributed by atoms with van der Waals surface area (Å²) in [7, 11) is -3.42. The van der Waals surface area contributed by atoms with Gasteiger partial charge in [0, 0.05) is 19.0 Å². The van der Waals surface area contributed by atoms with Gasteiger partial charge in [-0.1, -0.05) is 42.0 Å². The molecule has 0 saturated carbocycles. The fourth-order valence-electron chi connectivity index (χ4n) is 2.28. The second-order valence-corrected chi connectivity index (χ2v) is 7.11. The maximum absolute atomic E-state index is 12.5. The molecule has 3 nitrogen and oxygen atoms in total. The van der Waals surface area contributed by atoms with Crippen LogP contribution < -0.4 is 0 Å². The summed E-state index contributed by atoms with van der Waals surface area (Å²) in [5, 5.41) is 0. The van der Waals surface area contributed by atoms with Crippen LogP contribution in [0.25, 0.3) is 0 Å². The Morgan fingerprint density at radius 1 is 1.32 bits per heavy atom. The second kappa shape index (κ2) is 4.94. The van der Waals surface area contributed by atoms with Crippen LogP contribution in [0.5, 0.6) is 0 Å². The predicted octanol–water partition coefficient (Wildman–Crippen LogP) is 2.75. The van der Waals surface area contributed by atoms with Crippen molar-refractivity contribution in [2.75, 3.05) is 13.1 Å². The van der Waals surface area contributed by atoms with Crippen molar-refractivity contribution < 1.29 is 8.42 Å². The Labute approximate surface area is 115 Å². The Hall–Kier alpha value is -1.39. The number of benzene rings is 1. The molecule has 0 N–H and O–H groups in total. The Morgan fingerprint density at radius 3 is 2.37 bits per heavy atom. The van der Waals surface area contributed by atoms with Gasteiger partial charge in [-0.2, -0.15) is 4.31 Å². The molecule has 1 aliphatic rings. The average Bonchev–Trinajstić information content (AvgIpc) is 2.72. The van der Waals surface area contributed by atoms with Gasteiger partial charge in [0.1, 0.15) is 0 Å². The van der Waals surface area contributed by atoms with Crippen LogP contribution in [0, 0.1) is 12.8 Å². The van der Waals surface area contributed by atoms with Crippen molar-refractivity contribution in [3.8, 4) is 0 Å². The summed E-state index contributed by atoms with van der Waals surface area (Å²) >= 11 is 0. The Morgan fingerprint density at radius 2 is 1.89 bits per heavy atom. The zero-order valence-electron chi connectivity index (χ0n) is 11.4. The van der Waals surface area contributed by atoms with Gasteiger partial charge in [0.15, 0.2) is 0 Å². The highest BCUT2D eigenvalue weighted by atomic mass is 32.2. The maximum atomic E-state index is 12.5. The molecule has 0 aliphatic carbocycles. The van der Waals surface area contributed by atoms with Crippen molar-refractivity contribution in [2.45, 2.75) is 18.7 Å². The van der Waals surface area contributed by atoms with E-state index in [0.717, 1.165) is 16.7 Å². The summed E-state index contributed by atoms with van der Waals surface area (Å²) in [4.78, 5) is 0.341. The Bertz CT molecular complexity index is 614. The Balaban J connectivity index is 2.29. The number of hydrogen-bond acceptors (Lipinski definition) is 2. The fraction of sp³-hybridized carbons (Fsp3) is 0.333. The Kier molecular flexibility index (Phi) is 3.65. The van der Waals surface area contributed by atoms with E-state index in [2.05, 4.69) is 13.2 Å². The normalized spacial score (nSPS) is 20.7. The molecule has 4 heteroatoms. The van der Waals surface area contributed by atoms with Crippen molar-refractivity contribution in [1.29, 1.82) is 0 Å². The summed E-state index contributed by atoms with van der Waals surface area (Å²) in [5.41, 5.74) is 2.93. The highest BCUT2D eigenvalue weighted by Crippen LogP contribution is 2.30. The highest BCUT2D eigenvalue weighted by molar-refractivity contribution is 7.89. The predicted molar refractivity (Wildman–Crippen MR) is 77.4 cm³/mol. The molecule has 102 valence electrons. The minimum absolute atomic E-state index is 0.0697. The van der Waals surface area contributed by atoms with Gasteiger partial charge in [-0.05, 0) is 26.0 Å². The second-order valence-electron chi connectivity index (χ2n) is 5.17. The zero-order valence-corrected chi connectivity index (χ0v) is 12.2. The van der Waals surface area contributed by atoms with Crippen LogP contribution in [0.4, 0.5) is 0 Å². The van der Waals surface area contributed by atoms with Gasteiger partial charge in [-0.25, -0.2) is 8.42 Å². The number of aryl methyl sites for hydroxylation is 1. The first-order valence-electron chi connectivity index (χ1n) is 6.22. The summed E-state index contributed by atoms with van der Waals surface area (Å²) < 4.78 is 26.5. The molecule has 1 unspecified atom stereocenters. The van der Waals surface area contributed by atoms with E-state index in [-0.39, 0.29) is 5.92 Å². The highest BCUT2D eigenvalue weighted by Gasteiger charge is 2.34. The van der Waals surface area contributed by atoms with Gasteiger partial charge in [0.2, 0.25) is 10.0 Å². The third kappa shape index (κ3) is 2.65. The number of rotatable bonds is 3. The summed E-state index contributed by atoms with van der Waals surface area (Å²) in [6.45, 7) is 12.5. The van der Waals surface area contributed by atoms with Gasteiger partial charge in [-0.3, -0.25) is 0 Å². The molecule has 0 amide bonds. The van der Waals surface area contributed by atoms with E-state index in [0.29, 0.717) is 18.0 Å². The van der Waals surface area contributed by atoms with Crippen LogP contribution in [-0.4, -0.2) is 25.8 Å². The maximum Gasteiger partial charge on any atom is 0.243 e. The van der Waals surface area contributed by atoms with Gasteiger partial charge in [0.05, 0.1) is 4.90 Å². The average molecular weight is 277 g/mol. The SMILES string of the molecule is C=C(C)C1CN(S(=O)(=O)c2ccc(C)cc2)CC1=C. The zero-order chi connectivity index (χ0) is 14.2. The van der Waals surface area contributed by atoms with Crippen molar-refractivity contribution in [3.63, 3.8) is 0 Å². The van der Waals surface area contributed by atoms with Crippen LogP contribution in [0.1, 0.15) is 12.5 Å². The molecule has 1 aromatic carbocycles. The van der Waals surface area contributed by atoms with E-state index in [4.69, 9.17) is 0 Å². The first-order valence-corrected chi connectivity index (χ1v) is 7.66. The van der Waals surface area contributed by atoms with Crippen LogP contribution >= 0.6 is 0 Å². The lowest BCUT2D eigenvalue weighted by Crippen LogP contribution is -2.29. The van der Waals surface area contributed by atoms with Crippen molar-refractivity contribution in [1.82, 2.24) is 4.31 Å². The quantitative estimate of drug-likeness (QED) is 0.797. The van der Waals surface area contributed by atoms with Crippen LogP contribution in [0.15, 0.2) is 53.5 Å². The van der Waals surface area contributed by atoms with E-state index in [1.807, 2.05) is 26.0 Å². The monoisotopic (exact) mass is 277 g/mol. The molecule has 0 aromatic heterocycles. The van der Waals surface area contributed by atoms with Crippen LogP contribution in [0.2, 0.25) is 0 Å². The lowest BCUT2D eigenvalue weighted by molar-refractivity contribution is 0.468. The molecule has 1 atom stereocenters. The summed E-state index contributed by atoms with van der Waals surface area (Å²) in [6, 6.07) is 6.94. The lowest BCUT2D eigenvalue weighted by atomic mass is 9.98. The van der Waals surface area contributed by atoms with E-state index in [9.17, 15) is 8.42 Å². The molecule has 0 spiro atoms. The lowest BCUT2D eigenvalue weighted by Gasteiger charge is -2.16. The number of nitrogens with zero attached hydrogens (tertiary/aromatic N) is 1. The van der Waals surface area contributed by atoms with Crippen molar-refractivity contribution in [3.05, 3.63) is 54.1 Å². The molecular formula is C15H19NO2S. The number of hydrogen-bond donors (Lipinski definition) is 0. The molecule has 1 aromatic rings. The number of sulfonamides is 1. The third-order valence-electron chi connectivity index (χ3n) is 3.51. The van der Waals surface area contributed by atoms with Crippen molar-refractivity contribution in [2.24, 2.45) is 5.92 Å². The molecular weight excluding hydrogens is 258 g/mol. The third-order valence-corrected chi connectivity index (χ3v) is 5.34. The summed E-state index contributed by atoms with van der Waals surface area (Å²) in [5.74, 6) is 0.0697. The van der Waals surface area contributed by atoms with E-state index >= 15 is 0 Å². The van der Waals surface area contributed by atoms with E-state index in [1.54, 1.807) is 12.1 Å². The van der Waals surface area contributed by atoms with Crippen LogP contribution in [-0.2, 0) is 10.0 Å². The van der Waals surface area contributed by atoms with Crippen LogP contribution in [0.3, 0.4) is 0 Å². The molecule has 1 fully saturated rings. The standard InChI is InChI=1S/C15H19NO2S/c1-11(2)15-10-16(9-13(15)4)19(17,18)14-7-5-12(3)6-8-14/h5-8,15H,1,4,9-10H2,2-3H3. The first-order chi connectivity index (χ1) is 8.82. The molecule has 19 heavy (non-hydrogen) atoms. The first kappa shape index (κ1) is 14.0. The van der Waals surface area contributed by atoms with Gasteiger partial charge < -0.3 is 0 Å². The van der Waals surface area contributed by atoms with Gasteiger partial charge >= 0.3 is 0 Å². The molecule has 1 aliphatic heterocycles. The van der Waals surface area contributed by atoms with E-state index < -0.39 is 10.0 Å². The molecule has 0 bridgehead atoms. The largest absolute Gasteiger partial charge is 0.243 e. The smallest absolute Gasteiger partial charge is 0.207 e. The fourth-order valence-corrected chi connectivity index (χ4v) is 3.74. The minimum atomic E-state index is -3.42. The minimum Gasteiger partial charge on any atom is -0.207 e. The summed E-state index contributed by atoms with van der Waals surface area (Å²) in [6.07, 6.45) is 0. The van der Waals surface area contributed by atoms with E-state index in [1.165, 1.54) is 4.31 Å². The van der Waals surface area contributed by atoms with Gasteiger partial charge in [-0.15, -0.1) is 0 Å². The molecule has 0 radical (unpaired) electrons. The molecule has 1 saturated heterocycles. The molecule has 1 heterocycles. The topological polar surface area (TPSA) is 37.4 Å².